The van der Waals surface area contributed by atoms with Crippen LogP contribution in [0.3, 0.4) is 0 Å². The smallest absolute Gasteiger partial charge is 0.330 e. The molecule has 4 heteroatoms. The Balaban J connectivity index is 1.48. The van der Waals surface area contributed by atoms with Gasteiger partial charge in [0.25, 0.3) is 0 Å². The molecule has 2 aliphatic carbocycles. The third-order valence-electron chi connectivity index (χ3n) is 6.53. The molecule has 2 fully saturated rings. The standard InChI is InChI=1S/C23H38O4/c1-3-22(24)26-16-6-4-5-7-17-27-23(25)21-14-12-20(13-15-21)19-10-8-18(2)9-11-19/h3,18-21H,1,4-17H2,2H3. The first-order valence-corrected chi connectivity index (χ1v) is 11.1. The first-order valence-electron chi connectivity index (χ1n) is 11.1. The van der Waals surface area contributed by atoms with Gasteiger partial charge in [-0.2, -0.15) is 0 Å². The summed E-state index contributed by atoms with van der Waals surface area (Å²) in [7, 11) is 0. The van der Waals surface area contributed by atoms with Crippen molar-refractivity contribution in [1.82, 2.24) is 0 Å². The lowest BCUT2D eigenvalue weighted by atomic mass is 9.69. The van der Waals surface area contributed by atoms with E-state index < -0.39 is 0 Å². The fourth-order valence-electron chi connectivity index (χ4n) is 4.66. The molecule has 154 valence electrons. The van der Waals surface area contributed by atoms with Crippen molar-refractivity contribution in [2.24, 2.45) is 23.7 Å². The molecule has 0 aromatic rings. The van der Waals surface area contributed by atoms with Gasteiger partial charge in [-0.25, -0.2) is 4.79 Å². The van der Waals surface area contributed by atoms with Crippen molar-refractivity contribution < 1.29 is 19.1 Å². The van der Waals surface area contributed by atoms with Crippen LogP contribution in [0.1, 0.15) is 84.0 Å². The minimum atomic E-state index is -0.364. The lowest BCUT2D eigenvalue weighted by molar-refractivity contribution is -0.150. The van der Waals surface area contributed by atoms with Crippen LogP contribution in [0, 0.1) is 23.7 Å². The molecule has 4 nitrogen and oxygen atoms in total. The highest BCUT2D eigenvalue weighted by Crippen LogP contribution is 2.41. The molecule has 0 bridgehead atoms. The molecule has 0 saturated heterocycles. The van der Waals surface area contributed by atoms with Crippen molar-refractivity contribution in [1.29, 1.82) is 0 Å². The van der Waals surface area contributed by atoms with E-state index in [4.69, 9.17) is 9.47 Å². The molecule has 0 radical (unpaired) electrons. The van der Waals surface area contributed by atoms with Crippen molar-refractivity contribution in [3.05, 3.63) is 12.7 Å². The fraction of sp³-hybridized carbons (Fsp3) is 0.826. The molecule has 0 atom stereocenters. The average molecular weight is 379 g/mol. The van der Waals surface area contributed by atoms with Crippen LogP contribution in [0.2, 0.25) is 0 Å². The number of hydrogen-bond acceptors (Lipinski definition) is 4. The van der Waals surface area contributed by atoms with E-state index in [2.05, 4.69) is 13.5 Å². The molecule has 0 aromatic carbocycles. The zero-order valence-corrected chi connectivity index (χ0v) is 17.1. The topological polar surface area (TPSA) is 52.6 Å². The maximum absolute atomic E-state index is 12.3. The number of ether oxygens (including phenoxy) is 2. The third kappa shape index (κ3) is 8.06. The summed E-state index contributed by atoms with van der Waals surface area (Å²) in [5.74, 6) is 2.44. The third-order valence-corrected chi connectivity index (χ3v) is 6.53. The second-order valence-electron chi connectivity index (χ2n) is 8.58. The van der Waals surface area contributed by atoms with Crippen molar-refractivity contribution in [3.8, 4) is 0 Å². The zero-order chi connectivity index (χ0) is 19.5. The summed E-state index contributed by atoms with van der Waals surface area (Å²) in [6.07, 6.45) is 14.9. The fourth-order valence-corrected chi connectivity index (χ4v) is 4.66. The number of unbranched alkanes of at least 4 members (excludes halogenated alkanes) is 3. The molecule has 0 aromatic heterocycles. The van der Waals surface area contributed by atoms with E-state index in [1.54, 1.807) is 0 Å². The Morgan fingerprint density at radius 3 is 1.89 bits per heavy atom. The summed E-state index contributed by atoms with van der Waals surface area (Å²) < 4.78 is 10.4. The van der Waals surface area contributed by atoms with Crippen molar-refractivity contribution in [2.45, 2.75) is 84.0 Å². The van der Waals surface area contributed by atoms with Crippen LogP contribution in [-0.4, -0.2) is 25.2 Å². The average Bonchev–Trinajstić information content (AvgIpc) is 2.70. The molecule has 0 N–H and O–H groups in total. The lowest BCUT2D eigenvalue weighted by Crippen LogP contribution is -2.29. The second kappa shape index (κ2) is 12.2. The Bertz CT molecular complexity index is 457. The molecular formula is C23H38O4. The molecule has 2 saturated carbocycles. The Labute approximate surface area is 165 Å². The van der Waals surface area contributed by atoms with Gasteiger partial charge in [0, 0.05) is 6.08 Å². The van der Waals surface area contributed by atoms with E-state index in [1.165, 1.54) is 44.6 Å². The summed E-state index contributed by atoms with van der Waals surface area (Å²) in [5.41, 5.74) is 0. The number of esters is 2. The van der Waals surface area contributed by atoms with E-state index in [-0.39, 0.29) is 17.9 Å². The van der Waals surface area contributed by atoms with E-state index in [0.29, 0.717) is 13.2 Å². The van der Waals surface area contributed by atoms with E-state index in [1.807, 2.05) is 0 Å². The minimum absolute atomic E-state index is 0.0191. The predicted molar refractivity (Wildman–Crippen MR) is 107 cm³/mol. The van der Waals surface area contributed by atoms with Crippen LogP contribution in [0.15, 0.2) is 12.7 Å². The largest absolute Gasteiger partial charge is 0.465 e. The highest BCUT2D eigenvalue weighted by Gasteiger charge is 2.32. The molecular weight excluding hydrogens is 340 g/mol. The molecule has 0 heterocycles. The molecule has 2 aliphatic rings. The van der Waals surface area contributed by atoms with Gasteiger partial charge in [0.15, 0.2) is 0 Å². The number of hydrogen-bond donors (Lipinski definition) is 0. The molecule has 0 aliphatic heterocycles. The summed E-state index contributed by atoms with van der Waals surface area (Å²) >= 11 is 0. The second-order valence-corrected chi connectivity index (χ2v) is 8.58. The molecule has 27 heavy (non-hydrogen) atoms. The Kier molecular flexibility index (Phi) is 9.93. The molecule has 0 unspecified atom stereocenters. The van der Waals surface area contributed by atoms with Gasteiger partial charge in [0.1, 0.15) is 0 Å². The number of carbonyl (C=O) groups is 2. The predicted octanol–water partition coefficient (Wildman–Crippen LogP) is 5.45. The molecule has 0 amide bonds. The van der Waals surface area contributed by atoms with Crippen LogP contribution in [-0.2, 0) is 19.1 Å². The van der Waals surface area contributed by atoms with Gasteiger partial charge in [-0.05, 0) is 82.0 Å². The normalized spacial score (nSPS) is 28.3. The maximum atomic E-state index is 12.3. The Morgan fingerprint density at radius 1 is 0.815 bits per heavy atom. The SMILES string of the molecule is C=CC(=O)OCCCCCCOC(=O)C1CCC(C2CCC(C)CC2)CC1. The van der Waals surface area contributed by atoms with Gasteiger partial charge in [0.2, 0.25) is 0 Å². The number of rotatable bonds is 10. The summed E-state index contributed by atoms with van der Waals surface area (Å²) in [6, 6.07) is 0. The lowest BCUT2D eigenvalue weighted by Gasteiger charge is -2.36. The Hall–Kier alpha value is -1.32. The summed E-state index contributed by atoms with van der Waals surface area (Å²) in [6.45, 7) is 6.70. The molecule has 0 spiro atoms. The van der Waals surface area contributed by atoms with Crippen LogP contribution in [0.4, 0.5) is 0 Å². The van der Waals surface area contributed by atoms with Crippen LogP contribution in [0.25, 0.3) is 0 Å². The van der Waals surface area contributed by atoms with Gasteiger partial charge >= 0.3 is 11.9 Å². The van der Waals surface area contributed by atoms with Gasteiger partial charge < -0.3 is 9.47 Å². The van der Waals surface area contributed by atoms with Gasteiger partial charge in [-0.15, -0.1) is 0 Å². The zero-order valence-electron chi connectivity index (χ0n) is 17.1. The molecule has 2 rings (SSSR count). The van der Waals surface area contributed by atoms with Gasteiger partial charge in [-0.3, -0.25) is 4.79 Å². The van der Waals surface area contributed by atoms with Gasteiger partial charge in [0.05, 0.1) is 19.1 Å². The van der Waals surface area contributed by atoms with E-state index in [0.717, 1.165) is 56.3 Å². The summed E-state index contributed by atoms with van der Waals surface area (Å²) in [4.78, 5) is 23.2. The highest BCUT2D eigenvalue weighted by molar-refractivity contribution is 5.81. The van der Waals surface area contributed by atoms with Crippen molar-refractivity contribution >= 4 is 11.9 Å². The Morgan fingerprint density at radius 2 is 1.33 bits per heavy atom. The van der Waals surface area contributed by atoms with Gasteiger partial charge in [-0.1, -0.05) is 26.3 Å². The highest BCUT2D eigenvalue weighted by atomic mass is 16.5. The van der Waals surface area contributed by atoms with E-state index >= 15 is 0 Å². The van der Waals surface area contributed by atoms with Crippen LogP contribution >= 0.6 is 0 Å². The maximum Gasteiger partial charge on any atom is 0.330 e. The monoisotopic (exact) mass is 378 g/mol. The first-order chi connectivity index (χ1) is 13.1. The van der Waals surface area contributed by atoms with Crippen molar-refractivity contribution in [2.75, 3.05) is 13.2 Å². The minimum Gasteiger partial charge on any atom is -0.465 e. The van der Waals surface area contributed by atoms with E-state index in [9.17, 15) is 9.59 Å². The van der Waals surface area contributed by atoms with Crippen molar-refractivity contribution in [3.63, 3.8) is 0 Å². The van der Waals surface area contributed by atoms with Crippen LogP contribution in [0.5, 0.6) is 0 Å². The van der Waals surface area contributed by atoms with Crippen LogP contribution < -0.4 is 0 Å². The quantitative estimate of drug-likeness (QED) is 0.288. The first kappa shape index (κ1) is 22.0. The summed E-state index contributed by atoms with van der Waals surface area (Å²) in [5, 5.41) is 0. The number of carbonyl (C=O) groups excluding carboxylic acids is 2.